The summed E-state index contributed by atoms with van der Waals surface area (Å²) in [6.07, 6.45) is 2.64. The third-order valence-corrected chi connectivity index (χ3v) is 3.08. The second-order valence-corrected chi connectivity index (χ2v) is 4.60. The Kier molecular flexibility index (Phi) is 5.04. The molecule has 0 saturated heterocycles. The Morgan fingerprint density at radius 3 is 2.74 bits per heavy atom. The minimum absolute atomic E-state index is 0.240. The Labute approximate surface area is 114 Å². The van der Waals surface area contributed by atoms with Gasteiger partial charge in [0.1, 0.15) is 11.5 Å². The second-order valence-electron chi connectivity index (χ2n) is 4.60. The molecule has 0 bridgehead atoms. The monoisotopic (exact) mass is 259 g/mol. The van der Waals surface area contributed by atoms with Crippen molar-refractivity contribution in [3.63, 3.8) is 0 Å². The average Bonchev–Trinajstić information content (AvgIpc) is 2.91. The molecule has 0 atom stereocenters. The van der Waals surface area contributed by atoms with Gasteiger partial charge in [-0.25, -0.2) is 0 Å². The quantitative estimate of drug-likeness (QED) is 0.801. The van der Waals surface area contributed by atoms with E-state index < -0.39 is 0 Å². The SMILES string of the molecule is CCc1ccc(CNc2cccc(CCCO)c2)o1. The largest absolute Gasteiger partial charge is 0.464 e. The first-order chi connectivity index (χ1) is 9.31. The van der Waals surface area contributed by atoms with Crippen LogP contribution in [0.1, 0.15) is 30.4 Å². The van der Waals surface area contributed by atoms with E-state index in [-0.39, 0.29) is 6.61 Å². The van der Waals surface area contributed by atoms with Crippen molar-refractivity contribution in [1.29, 1.82) is 0 Å². The molecule has 2 N–H and O–H groups in total. The molecule has 0 aliphatic carbocycles. The van der Waals surface area contributed by atoms with E-state index >= 15 is 0 Å². The maximum Gasteiger partial charge on any atom is 0.123 e. The molecule has 2 rings (SSSR count). The zero-order valence-electron chi connectivity index (χ0n) is 11.4. The van der Waals surface area contributed by atoms with E-state index in [0.29, 0.717) is 6.54 Å². The van der Waals surface area contributed by atoms with Crippen LogP contribution >= 0.6 is 0 Å². The van der Waals surface area contributed by atoms with Crippen LogP contribution in [0.15, 0.2) is 40.8 Å². The molecule has 0 amide bonds. The molecule has 3 nitrogen and oxygen atoms in total. The lowest BCUT2D eigenvalue weighted by Gasteiger charge is -2.07. The molecule has 19 heavy (non-hydrogen) atoms. The van der Waals surface area contributed by atoms with E-state index in [1.165, 1.54) is 5.56 Å². The summed E-state index contributed by atoms with van der Waals surface area (Å²) in [5, 5.41) is 12.2. The molecule has 0 fully saturated rings. The highest BCUT2D eigenvalue weighted by molar-refractivity contribution is 5.45. The predicted octanol–water partition coefficient (Wildman–Crippen LogP) is 3.38. The smallest absolute Gasteiger partial charge is 0.123 e. The fraction of sp³-hybridized carbons (Fsp3) is 0.375. The van der Waals surface area contributed by atoms with Crippen LogP contribution in [0, 0.1) is 0 Å². The Morgan fingerprint density at radius 2 is 2.00 bits per heavy atom. The van der Waals surface area contributed by atoms with Crippen molar-refractivity contribution in [3.8, 4) is 0 Å². The topological polar surface area (TPSA) is 45.4 Å². The van der Waals surface area contributed by atoms with E-state index in [2.05, 4.69) is 24.4 Å². The number of benzene rings is 1. The van der Waals surface area contributed by atoms with E-state index in [4.69, 9.17) is 9.52 Å². The van der Waals surface area contributed by atoms with Crippen molar-refractivity contribution in [2.45, 2.75) is 32.7 Å². The molecule has 0 radical (unpaired) electrons. The lowest BCUT2D eigenvalue weighted by molar-refractivity contribution is 0.288. The van der Waals surface area contributed by atoms with Gasteiger partial charge in [-0.15, -0.1) is 0 Å². The molecule has 1 aromatic heterocycles. The van der Waals surface area contributed by atoms with Crippen molar-refractivity contribution < 1.29 is 9.52 Å². The summed E-state index contributed by atoms with van der Waals surface area (Å²) in [7, 11) is 0. The molecule has 0 spiro atoms. The fourth-order valence-corrected chi connectivity index (χ4v) is 2.02. The lowest BCUT2D eigenvalue weighted by Crippen LogP contribution is -1.99. The summed E-state index contributed by atoms with van der Waals surface area (Å²) >= 11 is 0. The summed E-state index contributed by atoms with van der Waals surface area (Å²) in [6.45, 7) is 3.02. The summed E-state index contributed by atoms with van der Waals surface area (Å²) in [6, 6.07) is 12.3. The number of aliphatic hydroxyl groups excluding tert-OH is 1. The maximum atomic E-state index is 8.85. The molecule has 0 unspecified atom stereocenters. The first-order valence-electron chi connectivity index (χ1n) is 6.83. The highest BCUT2D eigenvalue weighted by atomic mass is 16.3. The van der Waals surface area contributed by atoms with Crippen LogP contribution in [0.2, 0.25) is 0 Å². The van der Waals surface area contributed by atoms with E-state index in [1.54, 1.807) is 0 Å². The van der Waals surface area contributed by atoms with Crippen LogP contribution in [0.4, 0.5) is 5.69 Å². The summed E-state index contributed by atoms with van der Waals surface area (Å²) in [4.78, 5) is 0. The van der Waals surface area contributed by atoms with Gasteiger partial charge in [0, 0.05) is 18.7 Å². The fourth-order valence-electron chi connectivity index (χ4n) is 2.02. The van der Waals surface area contributed by atoms with Gasteiger partial charge in [0.25, 0.3) is 0 Å². The number of hydrogen-bond acceptors (Lipinski definition) is 3. The third-order valence-electron chi connectivity index (χ3n) is 3.08. The molecule has 2 aromatic rings. The van der Waals surface area contributed by atoms with Crippen LogP contribution in [-0.4, -0.2) is 11.7 Å². The minimum Gasteiger partial charge on any atom is -0.464 e. The van der Waals surface area contributed by atoms with Gasteiger partial charge in [0.05, 0.1) is 6.54 Å². The van der Waals surface area contributed by atoms with Gasteiger partial charge >= 0.3 is 0 Å². The van der Waals surface area contributed by atoms with Gasteiger partial charge in [-0.2, -0.15) is 0 Å². The Balaban J connectivity index is 1.91. The van der Waals surface area contributed by atoms with Crippen LogP contribution < -0.4 is 5.32 Å². The number of furan rings is 1. The first kappa shape index (κ1) is 13.7. The van der Waals surface area contributed by atoms with Gasteiger partial charge in [0.2, 0.25) is 0 Å². The van der Waals surface area contributed by atoms with E-state index in [0.717, 1.165) is 36.5 Å². The number of rotatable bonds is 7. The van der Waals surface area contributed by atoms with Crippen LogP contribution in [-0.2, 0) is 19.4 Å². The molecule has 0 aliphatic heterocycles. The van der Waals surface area contributed by atoms with E-state index in [9.17, 15) is 0 Å². The lowest BCUT2D eigenvalue weighted by atomic mass is 10.1. The van der Waals surface area contributed by atoms with Crippen molar-refractivity contribution in [1.82, 2.24) is 0 Å². The minimum atomic E-state index is 0.240. The number of hydrogen-bond donors (Lipinski definition) is 2. The molecule has 1 heterocycles. The summed E-state index contributed by atoms with van der Waals surface area (Å²) in [5.41, 5.74) is 2.33. The molecule has 1 aromatic carbocycles. The highest BCUT2D eigenvalue weighted by Gasteiger charge is 2.01. The molecular weight excluding hydrogens is 238 g/mol. The maximum absolute atomic E-state index is 8.85. The molecule has 3 heteroatoms. The Morgan fingerprint density at radius 1 is 1.16 bits per heavy atom. The second kappa shape index (κ2) is 7.00. The average molecular weight is 259 g/mol. The molecule has 102 valence electrons. The van der Waals surface area contributed by atoms with Crippen LogP contribution in [0.5, 0.6) is 0 Å². The number of aryl methyl sites for hydroxylation is 2. The highest BCUT2D eigenvalue weighted by Crippen LogP contribution is 2.15. The van der Waals surface area contributed by atoms with Gasteiger partial charge in [-0.3, -0.25) is 0 Å². The molecule has 0 saturated carbocycles. The van der Waals surface area contributed by atoms with Gasteiger partial charge < -0.3 is 14.8 Å². The van der Waals surface area contributed by atoms with Gasteiger partial charge in [0.15, 0.2) is 0 Å². The van der Waals surface area contributed by atoms with Gasteiger partial charge in [-0.1, -0.05) is 19.1 Å². The summed E-state index contributed by atoms with van der Waals surface area (Å²) < 4.78 is 5.65. The molecule has 0 aliphatic rings. The van der Waals surface area contributed by atoms with Crippen molar-refractivity contribution >= 4 is 5.69 Å². The van der Waals surface area contributed by atoms with Crippen molar-refractivity contribution in [3.05, 3.63) is 53.5 Å². The zero-order valence-corrected chi connectivity index (χ0v) is 11.4. The van der Waals surface area contributed by atoms with Crippen molar-refractivity contribution in [2.24, 2.45) is 0 Å². The summed E-state index contributed by atoms with van der Waals surface area (Å²) in [5.74, 6) is 1.98. The number of anilines is 1. The Bertz CT molecular complexity index is 505. The first-order valence-corrected chi connectivity index (χ1v) is 6.83. The molecular formula is C16H21NO2. The van der Waals surface area contributed by atoms with Gasteiger partial charge in [-0.05, 0) is 42.7 Å². The number of aliphatic hydroxyl groups is 1. The normalized spacial score (nSPS) is 10.6. The predicted molar refractivity (Wildman–Crippen MR) is 77.3 cm³/mol. The standard InChI is InChI=1S/C16H21NO2/c1-2-15-8-9-16(19-15)12-17-14-7-3-5-13(11-14)6-4-10-18/h3,5,7-9,11,17-18H,2,4,6,10,12H2,1H3. The van der Waals surface area contributed by atoms with E-state index in [1.807, 2.05) is 24.3 Å². The van der Waals surface area contributed by atoms with Crippen LogP contribution in [0.25, 0.3) is 0 Å². The Hall–Kier alpha value is -1.74. The number of nitrogens with one attached hydrogen (secondary N) is 1. The van der Waals surface area contributed by atoms with Crippen LogP contribution in [0.3, 0.4) is 0 Å². The zero-order chi connectivity index (χ0) is 13.5. The van der Waals surface area contributed by atoms with Crippen molar-refractivity contribution in [2.75, 3.05) is 11.9 Å². The third kappa shape index (κ3) is 4.14.